The van der Waals surface area contributed by atoms with Crippen molar-refractivity contribution in [2.75, 3.05) is 7.11 Å². The lowest BCUT2D eigenvalue weighted by atomic mass is 9.70. The first-order valence-corrected chi connectivity index (χ1v) is 9.74. The second-order valence-electron chi connectivity index (χ2n) is 8.27. The number of hydrogen-bond acceptors (Lipinski definition) is 5. The number of hydrogen-bond donors (Lipinski definition) is 1. The predicted molar refractivity (Wildman–Crippen MR) is 108 cm³/mol. The second-order valence-corrected chi connectivity index (χ2v) is 8.27. The van der Waals surface area contributed by atoms with Crippen molar-refractivity contribution < 1.29 is 37.3 Å². The van der Waals surface area contributed by atoms with E-state index < -0.39 is 40.9 Å². The zero-order valence-corrected chi connectivity index (χ0v) is 18.1. The van der Waals surface area contributed by atoms with Crippen molar-refractivity contribution >= 4 is 11.8 Å². The highest BCUT2D eigenvalue weighted by molar-refractivity contribution is 5.87. The van der Waals surface area contributed by atoms with Gasteiger partial charge in [0.05, 0.1) is 0 Å². The van der Waals surface area contributed by atoms with Crippen molar-refractivity contribution in [2.45, 2.75) is 58.1 Å². The Balaban J connectivity index is 2.45. The Labute approximate surface area is 179 Å². The van der Waals surface area contributed by atoms with E-state index in [1.807, 2.05) is 0 Å². The summed E-state index contributed by atoms with van der Waals surface area (Å²) in [5, 5.41) is 10.7. The molecule has 0 saturated heterocycles. The molecule has 1 aromatic carbocycles. The molecule has 1 aliphatic carbocycles. The third kappa shape index (κ3) is 4.75. The number of ether oxygens (including phenoxy) is 2. The summed E-state index contributed by atoms with van der Waals surface area (Å²) < 4.78 is 52.3. The van der Waals surface area contributed by atoms with Crippen LogP contribution in [-0.2, 0) is 24.7 Å². The Bertz CT molecular complexity index is 886. The van der Waals surface area contributed by atoms with Crippen molar-refractivity contribution in [2.24, 2.45) is 5.41 Å². The Hall–Kier alpha value is -2.45. The lowest BCUT2D eigenvalue weighted by Gasteiger charge is -2.41. The standard InChI is InChI=1S/C23H27F3O5/c1-14(27)11-12-17-15(2)19(28)18(13-21(17,3)4)31-20(29)22(30-5,23(24,25)26)16-9-7-6-8-10-16/h6-12,18-19,28H,13H2,1-5H3/b12-11+/t18-,19+,22-/m0/s1. The van der Waals surface area contributed by atoms with Gasteiger partial charge >= 0.3 is 12.1 Å². The molecule has 0 aromatic heterocycles. The minimum atomic E-state index is -5.10. The molecule has 31 heavy (non-hydrogen) atoms. The summed E-state index contributed by atoms with van der Waals surface area (Å²) in [7, 11) is 0.790. The second kappa shape index (κ2) is 8.96. The highest BCUT2D eigenvalue weighted by Gasteiger charge is 2.64. The van der Waals surface area contributed by atoms with Crippen molar-refractivity contribution in [3.63, 3.8) is 0 Å². The number of ketones is 1. The molecule has 1 aliphatic rings. The number of benzene rings is 1. The van der Waals surface area contributed by atoms with Crippen LogP contribution in [0.3, 0.4) is 0 Å². The van der Waals surface area contributed by atoms with E-state index in [0.717, 1.165) is 19.2 Å². The number of methoxy groups -OCH3 is 1. The van der Waals surface area contributed by atoms with E-state index in [1.54, 1.807) is 26.8 Å². The lowest BCUT2D eigenvalue weighted by Crippen LogP contribution is -2.54. The van der Waals surface area contributed by atoms with Crippen LogP contribution in [-0.4, -0.2) is 42.4 Å². The van der Waals surface area contributed by atoms with E-state index in [4.69, 9.17) is 9.47 Å². The van der Waals surface area contributed by atoms with E-state index in [0.29, 0.717) is 11.1 Å². The smallest absolute Gasteiger partial charge is 0.432 e. The van der Waals surface area contributed by atoms with Gasteiger partial charge in [-0.15, -0.1) is 0 Å². The molecule has 8 heteroatoms. The molecule has 0 heterocycles. The maximum Gasteiger partial charge on any atom is 0.432 e. The average Bonchev–Trinajstić information content (AvgIpc) is 2.66. The van der Waals surface area contributed by atoms with Crippen molar-refractivity contribution in [3.8, 4) is 0 Å². The van der Waals surface area contributed by atoms with Crippen LogP contribution in [0.4, 0.5) is 13.2 Å². The maximum atomic E-state index is 14.1. The highest BCUT2D eigenvalue weighted by atomic mass is 19.4. The van der Waals surface area contributed by atoms with Crippen LogP contribution in [0.15, 0.2) is 53.6 Å². The first kappa shape index (κ1) is 24.8. The van der Waals surface area contributed by atoms with Gasteiger partial charge in [0.25, 0.3) is 5.60 Å². The number of carbonyl (C=O) groups excluding carboxylic acids is 2. The SMILES string of the molecule is CO[C@](C(=O)O[C@H]1CC(C)(C)C(/C=C/C(C)=O)=C(C)[C@H]1O)(c1ccccc1)C(F)(F)F. The molecule has 1 N–H and O–H groups in total. The molecule has 0 aliphatic heterocycles. The molecule has 0 saturated carbocycles. The molecule has 1 aromatic rings. The molecule has 0 unspecified atom stereocenters. The highest BCUT2D eigenvalue weighted by Crippen LogP contribution is 2.46. The molecule has 0 fully saturated rings. The van der Waals surface area contributed by atoms with Crippen LogP contribution in [0.25, 0.3) is 0 Å². The van der Waals surface area contributed by atoms with E-state index in [-0.39, 0.29) is 12.2 Å². The zero-order valence-electron chi connectivity index (χ0n) is 18.1. The van der Waals surface area contributed by atoms with E-state index >= 15 is 0 Å². The Morgan fingerprint density at radius 3 is 2.26 bits per heavy atom. The summed E-state index contributed by atoms with van der Waals surface area (Å²) in [4.78, 5) is 24.2. The summed E-state index contributed by atoms with van der Waals surface area (Å²) in [6, 6.07) is 6.51. The minimum absolute atomic E-state index is 0.0568. The molecular formula is C23H27F3O5. The molecule has 0 bridgehead atoms. The van der Waals surface area contributed by atoms with Gasteiger partial charge in [0.1, 0.15) is 12.2 Å². The maximum absolute atomic E-state index is 14.1. The summed E-state index contributed by atoms with van der Waals surface area (Å²) in [6.45, 7) is 6.58. The average molecular weight is 440 g/mol. The molecule has 170 valence electrons. The van der Waals surface area contributed by atoms with Gasteiger partial charge in [0.2, 0.25) is 0 Å². The third-order valence-corrected chi connectivity index (χ3v) is 5.58. The Morgan fingerprint density at radius 2 is 1.77 bits per heavy atom. The fourth-order valence-electron chi connectivity index (χ4n) is 3.97. The first-order chi connectivity index (χ1) is 14.3. The van der Waals surface area contributed by atoms with Crippen molar-refractivity contribution in [3.05, 3.63) is 59.2 Å². The van der Waals surface area contributed by atoms with Gasteiger partial charge in [0.15, 0.2) is 5.78 Å². The van der Waals surface area contributed by atoms with Crippen LogP contribution in [0, 0.1) is 5.41 Å². The Kier molecular flexibility index (Phi) is 7.17. The molecule has 3 atom stereocenters. The summed E-state index contributed by atoms with van der Waals surface area (Å²) in [5.41, 5.74) is -3.33. The van der Waals surface area contributed by atoms with Gasteiger partial charge < -0.3 is 14.6 Å². The number of allylic oxidation sites excluding steroid dienone is 3. The van der Waals surface area contributed by atoms with Gasteiger partial charge in [-0.3, -0.25) is 4.79 Å². The fraction of sp³-hybridized carbons (Fsp3) is 0.478. The Morgan fingerprint density at radius 1 is 1.19 bits per heavy atom. The fourth-order valence-corrected chi connectivity index (χ4v) is 3.97. The molecule has 0 amide bonds. The van der Waals surface area contributed by atoms with Crippen LogP contribution in [0.5, 0.6) is 0 Å². The monoisotopic (exact) mass is 440 g/mol. The number of alkyl halides is 3. The van der Waals surface area contributed by atoms with Crippen molar-refractivity contribution in [1.29, 1.82) is 0 Å². The van der Waals surface area contributed by atoms with E-state index in [9.17, 15) is 27.9 Å². The summed E-state index contributed by atoms with van der Waals surface area (Å²) in [5.74, 6) is -1.83. The summed E-state index contributed by atoms with van der Waals surface area (Å²) >= 11 is 0. The molecular weight excluding hydrogens is 413 g/mol. The lowest BCUT2D eigenvalue weighted by molar-refractivity contribution is -0.279. The topological polar surface area (TPSA) is 72.8 Å². The molecule has 5 nitrogen and oxygen atoms in total. The van der Waals surface area contributed by atoms with Gasteiger partial charge in [-0.2, -0.15) is 13.2 Å². The van der Waals surface area contributed by atoms with Crippen molar-refractivity contribution in [1.82, 2.24) is 0 Å². The number of aliphatic hydroxyl groups excluding tert-OH is 1. The van der Waals surface area contributed by atoms with Gasteiger partial charge in [-0.25, -0.2) is 4.79 Å². The quantitative estimate of drug-likeness (QED) is 0.529. The molecule has 2 rings (SSSR count). The minimum Gasteiger partial charge on any atom is -0.457 e. The predicted octanol–water partition coefficient (Wildman–Crippen LogP) is 4.25. The zero-order chi connectivity index (χ0) is 23.6. The third-order valence-electron chi connectivity index (χ3n) is 5.58. The largest absolute Gasteiger partial charge is 0.457 e. The molecule has 0 spiro atoms. The van der Waals surface area contributed by atoms with Crippen LogP contribution >= 0.6 is 0 Å². The van der Waals surface area contributed by atoms with Crippen LogP contribution in [0.2, 0.25) is 0 Å². The van der Waals surface area contributed by atoms with Gasteiger partial charge in [0, 0.05) is 12.7 Å². The number of carbonyl (C=O) groups is 2. The molecule has 0 radical (unpaired) electrons. The van der Waals surface area contributed by atoms with Gasteiger partial charge in [-0.1, -0.05) is 50.3 Å². The van der Waals surface area contributed by atoms with Gasteiger partial charge in [-0.05, 0) is 42.9 Å². The van der Waals surface area contributed by atoms with E-state index in [2.05, 4.69) is 0 Å². The first-order valence-electron chi connectivity index (χ1n) is 9.74. The number of aliphatic hydroxyl groups is 1. The normalized spacial score (nSPS) is 23.5. The van der Waals surface area contributed by atoms with Crippen LogP contribution in [0.1, 0.15) is 39.7 Å². The van der Waals surface area contributed by atoms with E-state index in [1.165, 1.54) is 31.2 Å². The van der Waals surface area contributed by atoms with Crippen LogP contribution < -0.4 is 0 Å². The summed E-state index contributed by atoms with van der Waals surface area (Å²) in [6.07, 6.45) is -4.66. The number of halogens is 3. The number of rotatable bonds is 6. The number of esters is 1.